The summed E-state index contributed by atoms with van der Waals surface area (Å²) >= 11 is 0. The van der Waals surface area contributed by atoms with E-state index in [1.165, 1.54) is 21.5 Å². The Kier molecular flexibility index (Phi) is 5.13. The molecule has 0 aliphatic carbocycles. The summed E-state index contributed by atoms with van der Waals surface area (Å²) in [5.41, 5.74) is 2.23. The summed E-state index contributed by atoms with van der Waals surface area (Å²) < 4.78 is 14.9. The van der Waals surface area contributed by atoms with Gasteiger partial charge in [0.25, 0.3) is 0 Å². The predicted octanol–water partition coefficient (Wildman–Crippen LogP) is 7.30. The van der Waals surface area contributed by atoms with Gasteiger partial charge in [-0.05, 0) is 44.8 Å². The topological polar surface area (TPSA) is 17.1 Å². The molecule has 0 N–H and O–H groups in total. The van der Waals surface area contributed by atoms with Gasteiger partial charge in [-0.1, -0.05) is 127 Å². The second-order valence-electron chi connectivity index (χ2n) is 8.52. The average molecular weight is 455 g/mol. The van der Waals surface area contributed by atoms with Crippen molar-refractivity contribution >= 4 is 44.6 Å². The van der Waals surface area contributed by atoms with E-state index < -0.39 is 7.14 Å². The molecule has 0 aliphatic heterocycles. The van der Waals surface area contributed by atoms with Gasteiger partial charge in [-0.3, -0.25) is 0 Å². The zero-order valence-corrected chi connectivity index (χ0v) is 19.5. The lowest BCUT2D eigenvalue weighted by molar-refractivity contribution is 0.592. The van der Waals surface area contributed by atoms with Crippen LogP contribution >= 0.6 is 7.14 Å². The minimum atomic E-state index is -3.03. The van der Waals surface area contributed by atoms with Gasteiger partial charge in [-0.2, -0.15) is 0 Å². The molecule has 2 heteroatoms. The molecule has 0 fully saturated rings. The molecule has 162 valence electrons. The first kappa shape index (κ1) is 20.7. The van der Waals surface area contributed by atoms with Crippen LogP contribution in [0.2, 0.25) is 0 Å². The highest BCUT2D eigenvalue weighted by Crippen LogP contribution is 2.43. The summed E-state index contributed by atoms with van der Waals surface area (Å²) in [6, 6.07) is 47.3. The number of rotatable bonds is 4. The van der Waals surface area contributed by atoms with Crippen molar-refractivity contribution in [3.8, 4) is 11.1 Å². The number of hydrogen-bond donors (Lipinski definition) is 0. The molecular weight excluding hydrogens is 431 g/mol. The normalized spacial score (nSPS) is 11.6. The lowest BCUT2D eigenvalue weighted by Crippen LogP contribution is -2.25. The lowest BCUT2D eigenvalue weighted by Gasteiger charge is -2.21. The van der Waals surface area contributed by atoms with Gasteiger partial charge in [-0.15, -0.1) is 0 Å². The van der Waals surface area contributed by atoms with Crippen LogP contribution in [-0.2, 0) is 4.57 Å². The van der Waals surface area contributed by atoms with E-state index in [1.54, 1.807) is 0 Å². The van der Waals surface area contributed by atoms with Crippen LogP contribution in [0.3, 0.4) is 0 Å². The minimum absolute atomic E-state index is 0.847. The molecule has 1 nitrogen and oxygen atoms in total. The highest BCUT2D eigenvalue weighted by molar-refractivity contribution is 7.85. The molecule has 0 heterocycles. The molecule has 0 aliphatic rings. The summed E-state index contributed by atoms with van der Waals surface area (Å²) in [5.74, 6) is 0. The molecule has 6 rings (SSSR count). The van der Waals surface area contributed by atoms with Gasteiger partial charge >= 0.3 is 0 Å². The van der Waals surface area contributed by atoms with E-state index in [9.17, 15) is 4.57 Å². The smallest absolute Gasteiger partial charge is 0.171 e. The first-order chi connectivity index (χ1) is 16.7. The molecule has 0 spiro atoms. The molecular formula is C32H23OP. The quantitative estimate of drug-likeness (QED) is 0.202. The van der Waals surface area contributed by atoms with Gasteiger partial charge in [0.1, 0.15) is 0 Å². The van der Waals surface area contributed by atoms with Gasteiger partial charge < -0.3 is 4.57 Å². The summed E-state index contributed by atoms with van der Waals surface area (Å²) in [5, 5.41) is 7.43. The fourth-order valence-electron chi connectivity index (χ4n) is 4.89. The van der Waals surface area contributed by atoms with E-state index in [0.29, 0.717) is 0 Å². The first-order valence-corrected chi connectivity index (χ1v) is 13.2. The van der Waals surface area contributed by atoms with E-state index >= 15 is 0 Å². The van der Waals surface area contributed by atoms with Crippen LogP contribution < -0.4 is 15.9 Å². The van der Waals surface area contributed by atoms with E-state index in [2.05, 4.69) is 66.7 Å². The molecule has 6 aromatic carbocycles. The second kappa shape index (κ2) is 8.45. The minimum Gasteiger partial charge on any atom is -0.309 e. The Morgan fingerprint density at radius 1 is 0.412 bits per heavy atom. The van der Waals surface area contributed by atoms with Crippen LogP contribution in [0, 0.1) is 0 Å². The largest absolute Gasteiger partial charge is 0.309 e. The average Bonchev–Trinajstić information content (AvgIpc) is 2.93. The van der Waals surface area contributed by atoms with Crippen molar-refractivity contribution in [1.82, 2.24) is 0 Å². The maximum absolute atomic E-state index is 14.9. The van der Waals surface area contributed by atoms with E-state index in [-0.39, 0.29) is 0 Å². The molecule has 0 unspecified atom stereocenters. The van der Waals surface area contributed by atoms with Crippen molar-refractivity contribution in [3.63, 3.8) is 0 Å². The summed E-state index contributed by atoms with van der Waals surface area (Å²) in [4.78, 5) is 0. The zero-order valence-electron chi connectivity index (χ0n) is 18.6. The standard InChI is InChI=1S/C32H23OP/c33-34(26-14-3-1-4-15-26,27-16-5-2-6-17-27)28-18-11-13-24(22-28)32-23-25-12-7-8-19-29(25)30-20-9-10-21-31(30)32/h1-23H. The van der Waals surface area contributed by atoms with Crippen molar-refractivity contribution in [2.24, 2.45) is 0 Å². The highest BCUT2D eigenvalue weighted by atomic mass is 31.2. The number of hydrogen-bond acceptors (Lipinski definition) is 1. The molecule has 0 saturated heterocycles. The van der Waals surface area contributed by atoms with E-state index in [4.69, 9.17) is 0 Å². The van der Waals surface area contributed by atoms with Crippen LogP contribution in [0.1, 0.15) is 0 Å². The van der Waals surface area contributed by atoms with Crippen molar-refractivity contribution < 1.29 is 4.57 Å². The zero-order chi connectivity index (χ0) is 23.0. The number of fused-ring (bicyclic) bond motifs is 3. The van der Waals surface area contributed by atoms with Crippen LogP contribution in [0.5, 0.6) is 0 Å². The van der Waals surface area contributed by atoms with Crippen LogP contribution in [0.25, 0.3) is 32.7 Å². The monoisotopic (exact) mass is 454 g/mol. The summed E-state index contributed by atoms with van der Waals surface area (Å²) in [7, 11) is -3.03. The molecule has 0 saturated carbocycles. The van der Waals surface area contributed by atoms with Crippen molar-refractivity contribution in [2.75, 3.05) is 0 Å². The van der Waals surface area contributed by atoms with Gasteiger partial charge in [0, 0.05) is 15.9 Å². The Balaban J connectivity index is 1.62. The van der Waals surface area contributed by atoms with Gasteiger partial charge in [-0.25, -0.2) is 0 Å². The molecule has 0 amide bonds. The molecule has 0 bridgehead atoms. The molecule has 0 atom stereocenters. The second-order valence-corrected chi connectivity index (χ2v) is 11.3. The van der Waals surface area contributed by atoms with Gasteiger partial charge in [0.15, 0.2) is 7.14 Å². The fraction of sp³-hybridized carbons (Fsp3) is 0. The summed E-state index contributed by atoms with van der Waals surface area (Å²) in [6.07, 6.45) is 0. The third-order valence-corrected chi connectivity index (χ3v) is 9.58. The predicted molar refractivity (Wildman–Crippen MR) is 146 cm³/mol. The Morgan fingerprint density at radius 2 is 0.941 bits per heavy atom. The van der Waals surface area contributed by atoms with Crippen LogP contribution in [0.4, 0.5) is 0 Å². The van der Waals surface area contributed by atoms with Crippen LogP contribution in [-0.4, -0.2) is 0 Å². The lowest BCUT2D eigenvalue weighted by atomic mass is 9.93. The van der Waals surface area contributed by atoms with Crippen molar-refractivity contribution in [2.45, 2.75) is 0 Å². The number of benzene rings is 6. The molecule has 34 heavy (non-hydrogen) atoms. The maximum Gasteiger partial charge on any atom is 0.171 e. The van der Waals surface area contributed by atoms with Gasteiger partial charge in [0.05, 0.1) is 0 Å². The third-order valence-electron chi connectivity index (χ3n) is 6.53. The van der Waals surface area contributed by atoms with Gasteiger partial charge in [0.2, 0.25) is 0 Å². The third kappa shape index (κ3) is 3.37. The first-order valence-electron chi connectivity index (χ1n) is 11.5. The van der Waals surface area contributed by atoms with E-state index in [0.717, 1.165) is 27.0 Å². The Bertz CT molecular complexity index is 1630. The highest BCUT2D eigenvalue weighted by Gasteiger charge is 2.29. The van der Waals surface area contributed by atoms with Crippen molar-refractivity contribution in [3.05, 3.63) is 140 Å². The van der Waals surface area contributed by atoms with E-state index in [1.807, 2.05) is 72.8 Å². The SMILES string of the molecule is O=P(c1ccccc1)(c1ccccc1)c1cccc(-c2cc3ccccc3c3ccccc23)c1. The molecule has 6 aromatic rings. The fourth-order valence-corrected chi connectivity index (χ4v) is 7.58. The Morgan fingerprint density at radius 3 is 1.62 bits per heavy atom. The Labute approximate surface area is 199 Å². The molecule has 0 aromatic heterocycles. The Hall–Kier alpha value is -3.93. The molecule has 0 radical (unpaired) electrons. The summed E-state index contributed by atoms with van der Waals surface area (Å²) in [6.45, 7) is 0. The maximum atomic E-state index is 14.9. The van der Waals surface area contributed by atoms with Crippen molar-refractivity contribution in [1.29, 1.82) is 0 Å². The van der Waals surface area contributed by atoms with Crippen LogP contribution in [0.15, 0.2) is 140 Å².